The Hall–Kier alpha value is -0.870. The molecule has 1 aromatic heterocycles. The van der Waals surface area contributed by atoms with Gasteiger partial charge in [0.15, 0.2) is 0 Å². The summed E-state index contributed by atoms with van der Waals surface area (Å²) < 4.78 is 4.66. The summed E-state index contributed by atoms with van der Waals surface area (Å²) in [4.78, 5) is 13.8. The minimum absolute atomic E-state index is 0.191. The van der Waals surface area contributed by atoms with Gasteiger partial charge in [0.1, 0.15) is 6.04 Å². The van der Waals surface area contributed by atoms with Crippen molar-refractivity contribution in [1.29, 1.82) is 0 Å². The number of methoxy groups -OCH3 is 1. The van der Waals surface area contributed by atoms with E-state index in [4.69, 9.17) is 0 Å². The average Bonchev–Trinajstić information content (AvgIpc) is 2.72. The van der Waals surface area contributed by atoms with Crippen LogP contribution in [-0.2, 0) is 21.5 Å². The van der Waals surface area contributed by atoms with Gasteiger partial charge in [-0.2, -0.15) is 0 Å². The maximum Gasteiger partial charge on any atom is 0.322 e. The van der Waals surface area contributed by atoms with E-state index < -0.39 is 0 Å². The molecule has 0 amide bonds. The van der Waals surface area contributed by atoms with E-state index in [1.807, 2.05) is 6.92 Å². The number of thiophene rings is 1. The molecular weight excluding hydrogens is 234 g/mol. The second kappa shape index (κ2) is 5.65. The largest absolute Gasteiger partial charge is 0.468 e. The fraction of sp³-hybridized carbons (Fsp3) is 0.615. The van der Waals surface area contributed by atoms with Crippen molar-refractivity contribution in [1.82, 2.24) is 5.32 Å². The van der Waals surface area contributed by atoms with Crippen molar-refractivity contribution in [3.8, 4) is 0 Å². The summed E-state index contributed by atoms with van der Waals surface area (Å²) in [6.45, 7) is 9.12. The molecule has 1 heterocycles. The molecule has 4 heteroatoms. The van der Waals surface area contributed by atoms with E-state index in [1.54, 1.807) is 11.3 Å². The van der Waals surface area contributed by atoms with E-state index >= 15 is 0 Å². The highest BCUT2D eigenvalue weighted by Gasteiger charge is 2.17. The molecule has 0 unspecified atom stereocenters. The average molecular weight is 255 g/mol. The number of rotatable bonds is 4. The first-order chi connectivity index (χ1) is 7.84. The third-order valence-corrected chi connectivity index (χ3v) is 4.05. The Morgan fingerprint density at radius 1 is 1.47 bits per heavy atom. The van der Waals surface area contributed by atoms with Gasteiger partial charge in [-0.05, 0) is 24.5 Å². The van der Waals surface area contributed by atoms with Crippen LogP contribution in [0.15, 0.2) is 12.1 Å². The van der Waals surface area contributed by atoms with Crippen LogP contribution in [0.4, 0.5) is 0 Å². The van der Waals surface area contributed by atoms with E-state index in [0.717, 1.165) is 0 Å². The van der Waals surface area contributed by atoms with E-state index in [1.165, 1.54) is 16.9 Å². The van der Waals surface area contributed by atoms with Gasteiger partial charge >= 0.3 is 5.97 Å². The van der Waals surface area contributed by atoms with Crippen molar-refractivity contribution >= 4 is 17.3 Å². The molecule has 0 aliphatic rings. The van der Waals surface area contributed by atoms with Crippen molar-refractivity contribution in [3.63, 3.8) is 0 Å². The molecule has 17 heavy (non-hydrogen) atoms. The molecule has 1 aromatic rings. The standard InChI is InChI=1S/C13H21NO2S/c1-9(12(15)16-5)14-8-10-6-7-11(17-10)13(2,3)4/h6-7,9,14H,8H2,1-5H3/t9-/m0/s1. The van der Waals surface area contributed by atoms with E-state index in [0.29, 0.717) is 6.54 Å². The number of hydrogen-bond donors (Lipinski definition) is 1. The van der Waals surface area contributed by atoms with Crippen molar-refractivity contribution in [3.05, 3.63) is 21.9 Å². The van der Waals surface area contributed by atoms with Gasteiger partial charge in [-0.25, -0.2) is 0 Å². The Kier molecular flexibility index (Phi) is 4.71. The Balaban J connectivity index is 2.53. The first kappa shape index (κ1) is 14.2. The maximum absolute atomic E-state index is 11.2. The van der Waals surface area contributed by atoms with Crippen molar-refractivity contribution < 1.29 is 9.53 Å². The quantitative estimate of drug-likeness (QED) is 0.841. The number of carbonyl (C=O) groups is 1. The number of hydrogen-bond acceptors (Lipinski definition) is 4. The Morgan fingerprint density at radius 2 is 2.12 bits per heavy atom. The Bertz CT molecular complexity index is 379. The molecule has 1 rings (SSSR count). The third kappa shape index (κ3) is 4.13. The summed E-state index contributed by atoms with van der Waals surface area (Å²) in [5.74, 6) is -0.224. The highest BCUT2D eigenvalue weighted by molar-refractivity contribution is 7.12. The summed E-state index contributed by atoms with van der Waals surface area (Å²) in [7, 11) is 1.41. The monoisotopic (exact) mass is 255 g/mol. The lowest BCUT2D eigenvalue weighted by atomic mass is 9.95. The van der Waals surface area contributed by atoms with Crippen LogP contribution in [0.1, 0.15) is 37.4 Å². The van der Waals surface area contributed by atoms with Gasteiger partial charge in [0.05, 0.1) is 7.11 Å². The lowest BCUT2D eigenvalue weighted by molar-refractivity contribution is -0.142. The fourth-order valence-corrected chi connectivity index (χ4v) is 2.41. The maximum atomic E-state index is 11.2. The second-order valence-electron chi connectivity index (χ2n) is 5.14. The smallest absolute Gasteiger partial charge is 0.322 e. The van der Waals surface area contributed by atoms with Gasteiger partial charge < -0.3 is 4.74 Å². The number of nitrogens with one attached hydrogen (secondary N) is 1. The summed E-state index contributed by atoms with van der Waals surface area (Å²) in [5, 5.41) is 3.15. The van der Waals surface area contributed by atoms with Crippen LogP contribution in [0.25, 0.3) is 0 Å². The summed E-state index contributed by atoms with van der Waals surface area (Å²) in [5.41, 5.74) is 0.191. The molecule has 1 N–H and O–H groups in total. The van der Waals surface area contributed by atoms with E-state index in [9.17, 15) is 4.79 Å². The van der Waals surface area contributed by atoms with Gasteiger partial charge in [0.2, 0.25) is 0 Å². The fourth-order valence-electron chi connectivity index (χ4n) is 1.39. The number of ether oxygens (including phenoxy) is 1. The molecule has 0 saturated heterocycles. The normalized spacial score (nSPS) is 13.5. The van der Waals surface area contributed by atoms with Crippen LogP contribution >= 0.6 is 11.3 Å². The summed E-state index contributed by atoms with van der Waals surface area (Å²) in [6.07, 6.45) is 0. The third-order valence-electron chi connectivity index (χ3n) is 2.54. The van der Waals surface area contributed by atoms with Crippen molar-refractivity contribution in [2.24, 2.45) is 0 Å². The summed E-state index contributed by atoms with van der Waals surface area (Å²) >= 11 is 1.79. The Labute approximate surface area is 107 Å². The minimum atomic E-state index is -0.264. The van der Waals surface area contributed by atoms with Gasteiger partial charge in [0.25, 0.3) is 0 Å². The molecule has 0 aliphatic heterocycles. The topological polar surface area (TPSA) is 38.3 Å². The number of carbonyl (C=O) groups excluding carboxylic acids is 1. The van der Waals surface area contributed by atoms with Crippen LogP contribution < -0.4 is 5.32 Å². The molecule has 0 spiro atoms. The highest BCUT2D eigenvalue weighted by Crippen LogP contribution is 2.29. The van der Waals surface area contributed by atoms with Gasteiger partial charge in [-0.1, -0.05) is 20.8 Å². The van der Waals surface area contributed by atoms with Gasteiger partial charge in [0, 0.05) is 16.3 Å². The minimum Gasteiger partial charge on any atom is -0.468 e. The van der Waals surface area contributed by atoms with E-state index in [-0.39, 0.29) is 17.4 Å². The predicted molar refractivity (Wildman–Crippen MR) is 71.3 cm³/mol. The van der Waals surface area contributed by atoms with Crippen LogP contribution in [0.3, 0.4) is 0 Å². The first-order valence-corrected chi connectivity index (χ1v) is 6.56. The molecule has 0 aromatic carbocycles. The summed E-state index contributed by atoms with van der Waals surface area (Å²) in [6, 6.07) is 4.01. The molecule has 0 bridgehead atoms. The molecular formula is C13H21NO2S. The molecule has 0 saturated carbocycles. The van der Waals surface area contributed by atoms with Crippen LogP contribution in [0, 0.1) is 0 Å². The predicted octanol–water partition coefficient (Wildman–Crippen LogP) is 2.70. The zero-order valence-electron chi connectivity index (χ0n) is 11.2. The van der Waals surface area contributed by atoms with Crippen molar-refractivity contribution in [2.75, 3.05) is 7.11 Å². The van der Waals surface area contributed by atoms with Crippen LogP contribution in [0.2, 0.25) is 0 Å². The lowest BCUT2D eigenvalue weighted by Crippen LogP contribution is -2.34. The molecule has 0 aliphatic carbocycles. The lowest BCUT2D eigenvalue weighted by Gasteiger charge is -2.15. The zero-order valence-corrected chi connectivity index (χ0v) is 12.0. The molecule has 3 nitrogen and oxygen atoms in total. The SMILES string of the molecule is COC(=O)[C@H](C)NCc1ccc(C(C)(C)C)s1. The molecule has 1 atom stereocenters. The first-order valence-electron chi connectivity index (χ1n) is 5.75. The molecule has 0 radical (unpaired) electrons. The Morgan fingerprint density at radius 3 is 2.59 bits per heavy atom. The van der Waals surface area contributed by atoms with Crippen LogP contribution in [0.5, 0.6) is 0 Å². The van der Waals surface area contributed by atoms with Crippen molar-refractivity contribution in [2.45, 2.75) is 45.7 Å². The molecule has 96 valence electrons. The number of esters is 1. The van der Waals surface area contributed by atoms with Gasteiger partial charge in [-0.15, -0.1) is 11.3 Å². The van der Waals surface area contributed by atoms with E-state index in [2.05, 4.69) is 43.0 Å². The zero-order chi connectivity index (χ0) is 13.1. The molecule has 0 fully saturated rings. The van der Waals surface area contributed by atoms with Gasteiger partial charge in [-0.3, -0.25) is 10.1 Å². The van der Waals surface area contributed by atoms with Crippen LogP contribution in [-0.4, -0.2) is 19.1 Å². The highest BCUT2D eigenvalue weighted by atomic mass is 32.1. The second-order valence-corrected chi connectivity index (χ2v) is 6.31.